The van der Waals surface area contributed by atoms with Crippen molar-refractivity contribution in [1.29, 1.82) is 0 Å². The molecule has 0 aromatic heterocycles. The Morgan fingerprint density at radius 2 is 1.85 bits per heavy atom. The van der Waals surface area contributed by atoms with Crippen LogP contribution in [-0.4, -0.2) is 41.4 Å². The van der Waals surface area contributed by atoms with Gasteiger partial charge in [0.05, 0.1) is 6.54 Å². The summed E-state index contributed by atoms with van der Waals surface area (Å²) in [4.78, 5) is 26.8. The second kappa shape index (κ2) is 6.27. The van der Waals surface area contributed by atoms with Gasteiger partial charge in [-0.3, -0.25) is 4.79 Å². The van der Waals surface area contributed by atoms with Crippen LogP contribution in [0.3, 0.4) is 0 Å². The molecule has 0 aliphatic carbocycles. The molecule has 6 nitrogen and oxygen atoms in total. The molecule has 1 heterocycles. The zero-order valence-corrected chi connectivity index (χ0v) is 11.4. The van der Waals surface area contributed by atoms with E-state index in [-0.39, 0.29) is 12.6 Å². The number of urea groups is 1. The maximum atomic E-state index is 12.4. The highest BCUT2D eigenvalue weighted by Gasteiger charge is 2.25. The third-order valence-corrected chi connectivity index (χ3v) is 3.41. The number of rotatable bonds is 4. The van der Waals surface area contributed by atoms with Crippen LogP contribution < -0.4 is 11.5 Å². The fourth-order valence-electron chi connectivity index (χ4n) is 2.37. The van der Waals surface area contributed by atoms with Crippen molar-refractivity contribution in [2.24, 2.45) is 5.73 Å². The predicted molar refractivity (Wildman–Crippen MR) is 76.7 cm³/mol. The van der Waals surface area contributed by atoms with Gasteiger partial charge < -0.3 is 21.3 Å². The number of anilines is 1. The number of hydrogen-bond donors (Lipinski definition) is 2. The molecule has 1 aliphatic heterocycles. The van der Waals surface area contributed by atoms with E-state index in [1.807, 2.05) is 18.2 Å². The smallest absolute Gasteiger partial charge is 0.320 e. The molecule has 0 unspecified atom stereocenters. The Labute approximate surface area is 118 Å². The maximum absolute atomic E-state index is 12.4. The van der Waals surface area contributed by atoms with Gasteiger partial charge in [0.1, 0.15) is 6.54 Å². The number of likely N-dealkylation sites (tertiary alicyclic amines) is 1. The first-order valence-electron chi connectivity index (χ1n) is 6.73. The van der Waals surface area contributed by atoms with Crippen LogP contribution in [0.15, 0.2) is 24.3 Å². The molecule has 2 rings (SSSR count). The van der Waals surface area contributed by atoms with Gasteiger partial charge in [-0.25, -0.2) is 4.79 Å². The lowest BCUT2D eigenvalue weighted by atomic mass is 10.1. The number of para-hydroxylation sites is 1. The first-order valence-corrected chi connectivity index (χ1v) is 6.73. The molecule has 1 fully saturated rings. The number of primary amides is 1. The summed E-state index contributed by atoms with van der Waals surface area (Å²) in [6, 6.07) is 7.16. The number of nitrogen functional groups attached to an aromatic ring is 1. The molecule has 1 aliphatic rings. The first-order chi connectivity index (χ1) is 9.58. The van der Waals surface area contributed by atoms with E-state index >= 15 is 0 Å². The van der Waals surface area contributed by atoms with E-state index in [1.165, 1.54) is 4.90 Å². The lowest BCUT2D eigenvalue weighted by Crippen LogP contribution is -2.45. The molecular weight excluding hydrogens is 256 g/mol. The minimum Gasteiger partial charge on any atom is -0.398 e. The summed E-state index contributed by atoms with van der Waals surface area (Å²) >= 11 is 0. The number of nitrogens with two attached hydrogens (primary N) is 2. The Hall–Kier alpha value is -2.24. The van der Waals surface area contributed by atoms with Crippen LogP contribution in [0.5, 0.6) is 0 Å². The van der Waals surface area contributed by atoms with Gasteiger partial charge in [0.2, 0.25) is 5.91 Å². The van der Waals surface area contributed by atoms with Crippen molar-refractivity contribution in [3.8, 4) is 0 Å². The molecule has 20 heavy (non-hydrogen) atoms. The fourth-order valence-corrected chi connectivity index (χ4v) is 2.37. The number of amides is 3. The Kier molecular flexibility index (Phi) is 4.45. The summed E-state index contributed by atoms with van der Waals surface area (Å²) in [5, 5.41) is 0. The third-order valence-electron chi connectivity index (χ3n) is 3.41. The zero-order valence-electron chi connectivity index (χ0n) is 11.4. The van der Waals surface area contributed by atoms with Crippen LogP contribution in [0.4, 0.5) is 10.5 Å². The molecule has 1 aromatic rings. The van der Waals surface area contributed by atoms with Crippen LogP contribution in [-0.2, 0) is 11.3 Å². The molecule has 6 heteroatoms. The highest BCUT2D eigenvalue weighted by Crippen LogP contribution is 2.16. The van der Waals surface area contributed by atoms with E-state index in [4.69, 9.17) is 11.5 Å². The summed E-state index contributed by atoms with van der Waals surface area (Å²) in [7, 11) is 0. The van der Waals surface area contributed by atoms with Crippen LogP contribution >= 0.6 is 0 Å². The highest BCUT2D eigenvalue weighted by atomic mass is 16.2. The molecule has 0 spiro atoms. The van der Waals surface area contributed by atoms with Crippen molar-refractivity contribution in [3.63, 3.8) is 0 Å². The van der Waals surface area contributed by atoms with Gasteiger partial charge in [0, 0.05) is 18.8 Å². The number of benzene rings is 1. The van der Waals surface area contributed by atoms with Crippen LogP contribution in [0.25, 0.3) is 0 Å². The standard InChI is InChI=1S/C14H20N4O2/c15-12-6-2-1-5-11(12)9-18(10-13(16)19)14(20)17-7-3-4-8-17/h1-2,5-6H,3-4,7-10,15H2,(H2,16,19). The van der Waals surface area contributed by atoms with Crippen molar-refractivity contribution in [2.45, 2.75) is 19.4 Å². The Morgan fingerprint density at radius 3 is 2.45 bits per heavy atom. The van der Waals surface area contributed by atoms with Gasteiger partial charge in [0.25, 0.3) is 0 Å². The minimum atomic E-state index is -0.521. The molecule has 1 saturated heterocycles. The van der Waals surface area contributed by atoms with E-state index in [0.717, 1.165) is 31.5 Å². The lowest BCUT2D eigenvalue weighted by molar-refractivity contribution is -0.118. The van der Waals surface area contributed by atoms with E-state index in [9.17, 15) is 9.59 Å². The Morgan fingerprint density at radius 1 is 1.20 bits per heavy atom. The van der Waals surface area contributed by atoms with E-state index in [2.05, 4.69) is 0 Å². The van der Waals surface area contributed by atoms with Gasteiger partial charge in [0.15, 0.2) is 0 Å². The zero-order chi connectivity index (χ0) is 14.5. The summed E-state index contributed by atoms with van der Waals surface area (Å²) in [5.74, 6) is -0.521. The summed E-state index contributed by atoms with van der Waals surface area (Å²) in [6.45, 7) is 1.67. The molecule has 108 valence electrons. The third kappa shape index (κ3) is 3.40. The SMILES string of the molecule is NC(=O)CN(Cc1ccccc1N)C(=O)N1CCCC1. The molecule has 0 radical (unpaired) electrons. The van der Waals surface area contributed by atoms with E-state index < -0.39 is 5.91 Å². The largest absolute Gasteiger partial charge is 0.398 e. The molecule has 3 amide bonds. The number of nitrogens with zero attached hydrogens (tertiary/aromatic N) is 2. The monoisotopic (exact) mass is 276 g/mol. The second-order valence-electron chi connectivity index (χ2n) is 5.00. The molecule has 0 bridgehead atoms. The molecule has 4 N–H and O–H groups in total. The second-order valence-corrected chi connectivity index (χ2v) is 5.00. The van der Waals surface area contributed by atoms with Gasteiger partial charge in [-0.2, -0.15) is 0 Å². The molecule has 0 saturated carbocycles. The van der Waals surface area contributed by atoms with Crippen molar-refractivity contribution >= 4 is 17.6 Å². The van der Waals surface area contributed by atoms with Crippen LogP contribution in [0.2, 0.25) is 0 Å². The fraction of sp³-hybridized carbons (Fsp3) is 0.429. The molecule has 0 atom stereocenters. The Bertz CT molecular complexity index is 498. The highest BCUT2D eigenvalue weighted by molar-refractivity contribution is 5.83. The summed E-state index contributed by atoms with van der Waals surface area (Å²) in [6.07, 6.45) is 2.01. The average molecular weight is 276 g/mol. The quantitative estimate of drug-likeness (QED) is 0.796. The molecule has 1 aromatic carbocycles. The number of carbonyl (C=O) groups excluding carboxylic acids is 2. The summed E-state index contributed by atoms with van der Waals surface area (Å²) in [5.41, 5.74) is 12.6. The Balaban J connectivity index is 2.12. The first kappa shape index (κ1) is 14.2. The molecular formula is C14H20N4O2. The van der Waals surface area contributed by atoms with Gasteiger partial charge in [-0.05, 0) is 24.5 Å². The average Bonchev–Trinajstić information content (AvgIpc) is 2.93. The van der Waals surface area contributed by atoms with Crippen LogP contribution in [0, 0.1) is 0 Å². The number of hydrogen-bond acceptors (Lipinski definition) is 3. The minimum absolute atomic E-state index is 0.0936. The van der Waals surface area contributed by atoms with Crippen molar-refractivity contribution in [1.82, 2.24) is 9.80 Å². The van der Waals surface area contributed by atoms with Gasteiger partial charge in [-0.1, -0.05) is 18.2 Å². The predicted octanol–water partition coefficient (Wildman–Crippen LogP) is 0.772. The number of carbonyl (C=O) groups is 2. The van der Waals surface area contributed by atoms with Crippen LogP contribution in [0.1, 0.15) is 18.4 Å². The van der Waals surface area contributed by atoms with E-state index in [0.29, 0.717) is 12.2 Å². The van der Waals surface area contributed by atoms with Crippen molar-refractivity contribution in [2.75, 3.05) is 25.4 Å². The van der Waals surface area contributed by atoms with Crippen molar-refractivity contribution < 1.29 is 9.59 Å². The summed E-state index contributed by atoms with van der Waals surface area (Å²) < 4.78 is 0. The topological polar surface area (TPSA) is 92.7 Å². The van der Waals surface area contributed by atoms with E-state index in [1.54, 1.807) is 11.0 Å². The van der Waals surface area contributed by atoms with Crippen molar-refractivity contribution in [3.05, 3.63) is 29.8 Å². The van der Waals surface area contributed by atoms with Gasteiger partial charge >= 0.3 is 6.03 Å². The normalized spacial score (nSPS) is 14.3. The maximum Gasteiger partial charge on any atom is 0.320 e. The lowest BCUT2D eigenvalue weighted by Gasteiger charge is -2.27. The van der Waals surface area contributed by atoms with Gasteiger partial charge in [-0.15, -0.1) is 0 Å².